The number of hydrogen-bond acceptors (Lipinski definition) is 3. The van der Waals surface area contributed by atoms with Crippen molar-refractivity contribution in [2.45, 2.75) is 13.0 Å². The second-order valence-corrected chi connectivity index (χ2v) is 4.58. The predicted molar refractivity (Wildman–Crippen MR) is 81.1 cm³/mol. The average Bonchev–Trinajstić information content (AvgIpc) is 2.54. The number of nitriles is 1. The molecule has 2 rings (SSSR count). The summed E-state index contributed by atoms with van der Waals surface area (Å²) in [7, 11) is 0. The van der Waals surface area contributed by atoms with E-state index in [1.54, 1.807) is 6.07 Å². The van der Waals surface area contributed by atoms with Gasteiger partial charge in [0.1, 0.15) is 11.8 Å². The third-order valence-electron chi connectivity index (χ3n) is 3.11. The zero-order chi connectivity index (χ0) is 15.2. The average molecular weight is 277 g/mol. The van der Waals surface area contributed by atoms with Crippen molar-refractivity contribution < 1.29 is 4.79 Å². The van der Waals surface area contributed by atoms with E-state index < -0.39 is 0 Å². The van der Waals surface area contributed by atoms with Crippen LogP contribution in [0.2, 0.25) is 0 Å². The van der Waals surface area contributed by atoms with Crippen molar-refractivity contribution in [1.82, 2.24) is 10.3 Å². The van der Waals surface area contributed by atoms with Crippen LogP contribution < -0.4 is 5.32 Å². The fourth-order valence-electron chi connectivity index (χ4n) is 1.96. The van der Waals surface area contributed by atoms with E-state index in [2.05, 4.69) is 16.9 Å². The number of aromatic nitrogens is 1. The van der Waals surface area contributed by atoms with Crippen LogP contribution in [0.3, 0.4) is 0 Å². The second-order valence-electron chi connectivity index (χ2n) is 4.58. The van der Waals surface area contributed by atoms with Gasteiger partial charge in [-0.1, -0.05) is 36.9 Å². The molecule has 21 heavy (non-hydrogen) atoms. The molecular formula is C17H15N3O. The molecule has 4 heteroatoms. The highest BCUT2D eigenvalue weighted by atomic mass is 16.1. The minimum absolute atomic E-state index is 0.0945. The Labute approximate surface area is 123 Å². The van der Waals surface area contributed by atoms with Crippen molar-refractivity contribution in [3.05, 3.63) is 66.4 Å². The van der Waals surface area contributed by atoms with Gasteiger partial charge in [0.2, 0.25) is 5.91 Å². The molecule has 4 nitrogen and oxygen atoms in total. The molecule has 0 aliphatic rings. The summed E-state index contributed by atoms with van der Waals surface area (Å²) in [6.45, 7) is 5.34. The first-order chi connectivity index (χ1) is 10.1. The van der Waals surface area contributed by atoms with Crippen LogP contribution in [0.5, 0.6) is 0 Å². The normalized spacial score (nSPS) is 11.2. The molecule has 104 valence electrons. The maximum atomic E-state index is 11.3. The molecule has 1 aromatic carbocycles. The molecule has 2 aromatic rings. The molecule has 0 saturated heterocycles. The van der Waals surface area contributed by atoms with Gasteiger partial charge < -0.3 is 5.32 Å². The van der Waals surface area contributed by atoms with Crippen molar-refractivity contribution in [2.75, 3.05) is 0 Å². The van der Waals surface area contributed by atoms with Crippen molar-refractivity contribution in [3.8, 4) is 17.3 Å². The maximum absolute atomic E-state index is 11.3. The number of amides is 1. The number of carbonyl (C=O) groups excluding carboxylic acids is 1. The van der Waals surface area contributed by atoms with Gasteiger partial charge in [-0.25, -0.2) is 4.98 Å². The molecule has 0 spiro atoms. The van der Waals surface area contributed by atoms with Gasteiger partial charge in [-0.15, -0.1) is 0 Å². The summed E-state index contributed by atoms with van der Waals surface area (Å²) in [5.74, 6) is -0.199. The second kappa shape index (κ2) is 6.49. The standard InChI is InChI=1S/C17H15N3O/c1-3-17(21)19-12(2)13-7-9-14(10-8-13)16-6-4-5-15(11-18)20-16/h3-10,12H,1H2,2H3,(H,19,21)/t12-/m1/s1. The van der Waals surface area contributed by atoms with Gasteiger partial charge in [-0.05, 0) is 30.7 Å². The molecule has 1 atom stereocenters. The predicted octanol–water partition coefficient (Wildman–Crippen LogP) is 2.98. The topological polar surface area (TPSA) is 65.8 Å². The number of pyridine rings is 1. The van der Waals surface area contributed by atoms with E-state index in [0.717, 1.165) is 16.8 Å². The van der Waals surface area contributed by atoms with E-state index >= 15 is 0 Å². The third-order valence-corrected chi connectivity index (χ3v) is 3.11. The van der Waals surface area contributed by atoms with Crippen LogP contribution in [0.15, 0.2) is 55.1 Å². The quantitative estimate of drug-likeness (QED) is 0.874. The number of nitrogens with one attached hydrogen (secondary N) is 1. The van der Waals surface area contributed by atoms with Crippen LogP contribution in [0.4, 0.5) is 0 Å². The molecule has 0 aliphatic carbocycles. The van der Waals surface area contributed by atoms with Crippen molar-refractivity contribution in [2.24, 2.45) is 0 Å². The highest BCUT2D eigenvalue weighted by Crippen LogP contribution is 2.20. The minimum Gasteiger partial charge on any atom is -0.346 e. The number of carbonyl (C=O) groups is 1. The van der Waals surface area contributed by atoms with E-state index in [1.165, 1.54) is 6.08 Å². The monoisotopic (exact) mass is 277 g/mol. The Kier molecular flexibility index (Phi) is 4.47. The molecule has 0 fully saturated rings. The fraction of sp³-hybridized carbons (Fsp3) is 0.118. The lowest BCUT2D eigenvalue weighted by Gasteiger charge is -2.13. The number of rotatable bonds is 4. The fourth-order valence-corrected chi connectivity index (χ4v) is 1.96. The van der Waals surface area contributed by atoms with Gasteiger partial charge in [-0.3, -0.25) is 4.79 Å². The van der Waals surface area contributed by atoms with E-state index in [4.69, 9.17) is 5.26 Å². The van der Waals surface area contributed by atoms with Crippen LogP contribution in [0.25, 0.3) is 11.3 Å². The summed E-state index contributed by atoms with van der Waals surface area (Å²) in [6, 6.07) is 15.0. The van der Waals surface area contributed by atoms with Crippen molar-refractivity contribution in [3.63, 3.8) is 0 Å². The van der Waals surface area contributed by atoms with Gasteiger partial charge in [-0.2, -0.15) is 5.26 Å². The summed E-state index contributed by atoms with van der Waals surface area (Å²) >= 11 is 0. The molecule has 0 saturated carbocycles. The Bertz CT molecular complexity index is 699. The molecule has 0 radical (unpaired) electrons. The van der Waals surface area contributed by atoms with Crippen molar-refractivity contribution in [1.29, 1.82) is 5.26 Å². The highest BCUT2D eigenvalue weighted by molar-refractivity contribution is 5.87. The lowest BCUT2D eigenvalue weighted by atomic mass is 10.0. The number of nitrogens with zero attached hydrogens (tertiary/aromatic N) is 2. The smallest absolute Gasteiger partial charge is 0.243 e. The van der Waals surface area contributed by atoms with Gasteiger partial charge in [0, 0.05) is 5.56 Å². The van der Waals surface area contributed by atoms with Crippen LogP contribution in [-0.4, -0.2) is 10.9 Å². The molecule has 0 aliphatic heterocycles. The van der Waals surface area contributed by atoms with Crippen LogP contribution >= 0.6 is 0 Å². The van der Waals surface area contributed by atoms with E-state index in [0.29, 0.717) is 5.69 Å². The Morgan fingerprint density at radius 2 is 2.05 bits per heavy atom. The van der Waals surface area contributed by atoms with Gasteiger partial charge in [0.05, 0.1) is 11.7 Å². The van der Waals surface area contributed by atoms with E-state index in [-0.39, 0.29) is 11.9 Å². The Morgan fingerprint density at radius 1 is 1.33 bits per heavy atom. The van der Waals surface area contributed by atoms with Gasteiger partial charge >= 0.3 is 0 Å². The van der Waals surface area contributed by atoms with Gasteiger partial charge in [0.25, 0.3) is 0 Å². The molecular weight excluding hydrogens is 262 g/mol. The number of benzene rings is 1. The van der Waals surface area contributed by atoms with E-state index in [9.17, 15) is 4.79 Å². The minimum atomic E-state index is -0.199. The van der Waals surface area contributed by atoms with Crippen molar-refractivity contribution >= 4 is 5.91 Å². The molecule has 1 amide bonds. The summed E-state index contributed by atoms with van der Waals surface area (Å²) < 4.78 is 0. The third kappa shape index (κ3) is 3.54. The summed E-state index contributed by atoms with van der Waals surface area (Å²) in [6.07, 6.45) is 1.25. The summed E-state index contributed by atoms with van der Waals surface area (Å²) in [5.41, 5.74) is 3.06. The lowest BCUT2D eigenvalue weighted by Crippen LogP contribution is -2.24. The largest absolute Gasteiger partial charge is 0.346 e. The molecule has 1 aromatic heterocycles. The van der Waals surface area contributed by atoms with E-state index in [1.807, 2.05) is 49.4 Å². The highest BCUT2D eigenvalue weighted by Gasteiger charge is 2.08. The van der Waals surface area contributed by atoms with Crippen LogP contribution in [0.1, 0.15) is 24.2 Å². The molecule has 0 unspecified atom stereocenters. The van der Waals surface area contributed by atoms with Gasteiger partial charge in [0.15, 0.2) is 0 Å². The number of hydrogen-bond donors (Lipinski definition) is 1. The summed E-state index contributed by atoms with van der Waals surface area (Å²) in [5, 5.41) is 11.7. The zero-order valence-corrected chi connectivity index (χ0v) is 11.7. The summed E-state index contributed by atoms with van der Waals surface area (Å²) in [4.78, 5) is 15.5. The van der Waals surface area contributed by atoms with Crippen LogP contribution in [0, 0.1) is 11.3 Å². The Morgan fingerprint density at radius 3 is 2.67 bits per heavy atom. The Hall–Kier alpha value is -2.93. The first kappa shape index (κ1) is 14.5. The SMILES string of the molecule is C=CC(=O)N[C@H](C)c1ccc(-c2cccc(C#N)n2)cc1. The zero-order valence-electron chi connectivity index (χ0n) is 11.7. The first-order valence-corrected chi connectivity index (χ1v) is 6.54. The maximum Gasteiger partial charge on any atom is 0.243 e. The molecule has 1 N–H and O–H groups in total. The molecule has 0 bridgehead atoms. The lowest BCUT2D eigenvalue weighted by molar-refractivity contribution is -0.117. The van der Waals surface area contributed by atoms with Crippen LogP contribution in [-0.2, 0) is 4.79 Å². The first-order valence-electron chi connectivity index (χ1n) is 6.54. The Balaban J connectivity index is 2.20. The molecule has 1 heterocycles.